The van der Waals surface area contributed by atoms with E-state index in [1.54, 1.807) is 42.5 Å². The van der Waals surface area contributed by atoms with E-state index in [9.17, 15) is 14.7 Å². The Labute approximate surface area is 137 Å². The number of amides is 2. The van der Waals surface area contributed by atoms with Crippen LogP contribution in [0.15, 0.2) is 54.9 Å². The third kappa shape index (κ3) is 2.87. The van der Waals surface area contributed by atoms with Gasteiger partial charge >= 0.3 is 0 Å². The summed E-state index contributed by atoms with van der Waals surface area (Å²) in [5.41, 5.74) is 8.38. The number of pyridine rings is 2. The van der Waals surface area contributed by atoms with Crippen LogP contribution in [0.4, 0.5) is 0 Å². The first-order valence-electron chi connectivity index (χ1n) is 7.12. The van der Waals surface area contributed by atoms with Crippen molar-refractivity contribution in [3.05, 3.63) is 66.0 Å². The zero-order valence-corrected chi connectivity index (χ0v) is 12.4. The van der Waals surface area contributed by atoms with Gasteiger partial charge in [0, 0.05) is 12.4 Å². The van der Waals surface area contributed by atoms with Gasteiger partial charge in [0.2, 0.25) is 0 Å². The largest absolute Gasteiger partial charge is 0.505 e. The Kier molecular flexibility index (Phi) is 4.07. The molecule has 2 amide bonds. The molecule has 24 heavy (non-hydrogen) atoms. The van der Waals surface area contributed by atoms with Crippen molar-refractivity contribution in [2.75, 3.05) is 0 Å². The van der Waals surface area contributed by atoms with Gasteiger partial charge in [0.25, 0.3) is 11.8 Å². The molecule has 3 aromatic rings. The molecule has 1 radical (unpaired) electrons. The van der Waals surface area contributed by atoms with Gasteiger partial charge in [-0.2, -0.15) is 0 Å². The summed E-state index contributed by atoms with van der Waals surface area (Å²) in [4.78, 5) is 32.1. The number of hydrogen-bond donors (Lipinski definition) is 2. The van der Waals surface area contributed by atoms with Crippen molar-refractivity contribution in [1.82, 2.24) is 21.0 Å². The zero-order chi connectivity index (χ0) is 17.1. The molecule has 0 saturated heterocycles. The van der Waals surface area contributed by atoms with Crippen molar-refractivity contribution in [1.29, 1.82) is 0 Å². The number of nitrogens with zero attached hydrogens (tertiary/aromatic N) is 2. The Bertz CT molecular complexity index is 912. The summed E-state index contributed by atoms with van der Waals surface area (Å²) in [6, 6.07) is 10.6. The fraction of sp³-hybridized carbons (Fsp3) is 0.0588. The van der Waals surface area contributed by atoms with Crippen LogP contribution in [0.25, 0.3) is 11.0 Å². The highest BCUT2D eigenvalue weighted by molar-refractivity contribution is 6.02. The van der Waals surface area contributed by atoms with E-state index in [0.29, 0.717) is 11.1 Å². The zero-order valence-electron chi connectivity index (χ0n) is 12.4. The molecule has 7 heteroatoms. The third-order valence-electron chi connectivity index (χ3n) is 3.51. The minimum Gasteiger partial charge on any atom is -0.505 e. The fourth-order valence-corrected chi connectivity index (χ4v) is 2.33. The van der Waals surface area contributed by atoms with Gasteiger partial charge in [-0.05, 0) is 17.7 Å². The molecule has 0 aliphatic rings. The van der Waals surface area contributed by atoms with Crippen molar-refractivity contribution < 1.29 is 14.7 Å². The molecule has 1 atom stereocenters. The molecule has 1 aromatic carbocycles. The first-order valence-corrected chi connectivity index (χ1v) is 7.12. The lowest BCUT2D eigenvalue weighted by atomic mass is 10.1. The molecular weight excluding hydrogens is 308 g/mol. The summed E-state index contributed by atoms with van der Waals surface area (Å²) >= 11 is 0. The SMILES string of the molecule is [NH]C(=O)C(NC(=O)c1cnc2cccnc2c1O)c1ccccc1. The summed E-state index contributed by atoms with van der Waals surface area (Å²) in [6.45, 7) is 0. The van der Waals surface area contributed by atoms with Crippen LogP contribution in [0.3, 0.4) is 0 Å². The summed E-state index contributed by atoms with van der Waals surface area (Å²) in [7, 11) is 0. The number of rotatable bonds is 4. The maximum absolute atomic E-state index is 12.4. The highest BCUT2D eigenvalue weighted by Crippen LogP contribution is 2.25. The van der Waals surface area contributed by atoms with Crippen LogP contribution in [0, 0.1) is 0 Å². The lowest BCUT2D eigenvalue weighted by molar-refractivity contribution is -0.120. The standard InChI is InChI=1S/C17H13N4O3/c18-16(23)13(10-5-2-1-3-6-10)21-17(24)11-9-20-12-7-4-8-19-14(12)15(11)22/h1-9,13,18H,(H,20,22)(H,21,24). The molecule has 119 valence electrons. The molecule has 0 bridgehead atoms. The first-order chi connectivity index (χ1) is 11.6. The third-order valence-corrected chi connectivity index (χ3v) is 3.51. The highest BCUT2D eigenvalue weighted by atomic mass is 16.3. The van der Waals surface area contributed by atoms with E-state index in [1.165, 1.54) is 12.4 Å². The normalized spacial score (nSPS) is 11.8. The van der Waals surface area contributed by atoms with Crippen LogP contribution in [0.1, 0.15) is 22.0 Å². The Balaban J connectivity index is 1.94. The number of benzene rings is 1. The molecule has 0 fully saturated rings. The molecule has 0 aliphatic heterocycles. The molecule has 2 heterocycles. The number of hydrogen-bond acceptors (Lipinski definition) is 5. The number of nitrogens with one attached hydrogen (secondary N) is 2. The van der Waals surface area contributed by atoms with Crippen LogP contribution in [-0.2, 0) is 4.79 Å². The van der Waals surface area contributed by atoms with E-state index in [0.717, 1.165) is 0 Å². The van der Waals surface area contributed by atoms with Gasteiger partial charge in [-0.1, -0.05) is 30.3 Å². The predicted molar refractivity (Wildman–Crippen MR) is 86.0 cm³/mol. The van der Waals surface area contributed by atoms with E-state index >= 15 is 0 Å². The molecular formula is C17H13N4O3. The second-order valence-corrected chi connectivity index (χ2v) is 5.07. The van der Waals surface area contributed by atoms with E-state index in [2.05, 4.69) is 15.3 Å². The number of carbonyl (C=O) groups excluding carboxylic acids is 2. The van der Waals surface area contributed by atoms with Crippen LogP contribution in [-0.4, -0.2) is 26.9 Å². The summed E-state index contributed by atoms with van der Waals surface area (Å²) in [6.07, 6.45) is 2.69. The maximum atomic E-state index is 12.4. The molecule has 3 rings (SSSR count). The van der Waals surface area contributed by atoms with Crippen molar-refractivity contribution in [3.8, 4) is 5.75 Å². The number of fused-ring (bicyclic) bond motifs is 1. The maximum Gasteiger partial charge on any atom is 0.265 e. The second-order valence-electron chi connectivity index (χ2n) is 5.07. The number of carbonyl (C=O) groups is 2. The molecule has 0 saturated carbocycles. The molecule has 3 N–H and O–H groups in total. The molecule has 7 nitrogen and oxygen atoms in total. The van der Waals surface area contributed by atoms with Crippen LogP contribution in [0.5, 0.6) is 5.75 Å². The molecule has 0 aliphatic carbocycles. The van der Waals surface area contributed by atoms with Crippen LogP contribution < -0.4 is 11.1 Å². The first kappa shape index (κ1) is 15.4. The summed E-state index contributed by atoms with van der Waals surface area (Å²) in [5, 5.41) is 12.7. The van der Waals surface area contributed by atoms with Gasteiger partial charge in [0.05, 0.1) is 5.52 Å². The minimum atomic E-state index is -1.13. The monoisotopic (exact) mass is 321 g/mol. The van der Waals surface area contributed by atoms with Gasteiger partial charge in [-0.15, -0.1) is 0 Å². The lowest BCUT2D eigenvalue weighted by Gasteiger charge is -2.16. The van der Waals surface area contributed by atoms with Crippen LogP contribution in [0.2, 0.25) is 0 Å². The van der Waals surface area contributed by atoms with Crippen molar-refractivity contribution >= 4 is 22.8 Å². The quantitative estimate of drug-likeness (QED) is 0.757. The molecule has 0 spiro atoms. The van der Waals surface area contributed by atoms with E-state index in [1.807, 2.05) is 0 Å². The smallest absolute Gasteiger partial charge is 0.265 e. The van der Waals surface area contributed by atoms with E-state index < -0.39 is 17.9 Å². The minimum absolute atomic E-state index is 0.108. The summed E-state index contributed by atoms with van der Waals surface area (Å²) in [5.74, 6) is -1.98. The number of aromatic hydroxyl groups is 1. The average molecular weight is 321 g/mol. The highest BCUT2D eigenvalue weighted by Gasteiger charge is 2.24. The van der Waals surface area contributed by atoms with Crippen molar-refractivity contribution in [3.63, 3.8) is 0 Å². The average Bonchev–Trinajstić information content (AvgIpc) is 2.60. The van der Waals surface area contributed by atoms with E-state index in [-0.39, 0.29) is 16.8 Å². The fourth-order valence-electron chi connectivity index (χ4n) is 2.33. The van der Waals surface area contributed by atoms with Gasteiger partial charge in [-0.3, -0.25) is 25.3 Å². The molecule has 1 unspecified atom stereocenters. The van der Waals surface area contributed by atoms with E-state index in [4.69, 9.17) is 5.73 Å². The van der Waals surface area contributed by atoms with Crippen molar-refractivity contribution in [2.45, 2.75) is 6.04 Å². The van der Waals surface area contributed by atoms with Crippen molar-refractivity contribution in [2.24, 2.45) is 0 Å². The van der Waals surface area contributed by atoms with Gasteiger partial charge in [0.15, 0.2) is 5.75 Å². The van der Waals surface area contributed by atoms with Gasteiger partial charge < -0.3 is 10.4 Å². The van der Waals surface area contributed by atoms with Crippen LogP contribution >= 0.6 is 0 Å². The summed E-state index contributed by atoms with van der Waals surface area (Å²) < 4.78 is 0. The number of aromatic nitrogens is 2. The lowest BCUT2D eigenvalue weighted by Crippen LogP contribution is -2.34. The second kappa shape index (κ2) is 6.33. The van der Waals surface area contributed by atoms with Gasteiger partial charge in [0.1, 0.15) is 17.1 Å². The predicted octanol–water partition coefficient (Wildman–Crippen LogP) is 1.62. The Morgan fingerprint density at radius 3 is 2.54 bits per heavy atom. The van der Waals surface area contributed by atoms with Gasteiger partial charge in [-0.25, -0.2) is 0 Å². The topological polar surface area (TPSA) is 116 Å². The Morgan fingerprint density at radius 2 is 1.83 bits per heavy atom. The molecule has 2 aromatic heterocycles. The Morgan fingerprint density at radius 1 is 1.08 bits per heavy atom. The Hall–Kier alpha value is -3.48.